The smallest absolute Gasteiger partial charge is 0.224 e. The normalized spacial score (nSPS) is 25.6. The molecule has 2 heterocycles. The number of carbonyl (C=O) groups is 1. The zero-order valence-corrected chi connectivity index (χ0v) is 24.5. The second kappa shape index (κ2) is 16.0. The van der Waals surface area contributed by atoms with Gasteiger partial charge in [0.15, 0.2) is 5.79 Å². The minimum Gasteiger partial charge on any atom is -0.376 e. The minimum absolute atomic E-state index is 0.156. The van der Waals surface area contributed by atoms with E-state index in [0.717, 1.165) is 18.4 Å². The average molecular weight is 552 g/mol. The second-order valence-electron chi connectivity index (χ2n) is 11.3. The van der Waals surface area contributed by atoms with E-state index in [1.165, 1.54) is 63.5 Å². The summed E-state index contributed by atoms with van der Waals surface area (Å²) in [5.74, 6) is -2.43. The topological polar surface area (TPSA) is 75.3 Å². The SMILES string of the molecule is CCCCCCCCCCCCOC[C@@]12O[C@@H](CNC(=O)Cc3ccc(F)cc3)[C@@H](OCC)[C@@H]1OC(C)(C)O2. The van der Waals surface area contributed by atoms with Crippen molar-refractivity contribution < 1.29 is 32.9 Å². The molecular weight excluding hydrogens is 501 g/mol. The van der Waals surface area contributed by atoms with E-state index in [-0.39, 0.29) is 31.3 Å². The fourth-order valence-electron chi connectivity index (χ4n) is 5.48. The zero-order valence-electron chi connectivity index (χ0n) is 24.5. The summed E-state index contributed by atoms with van der Waals surface area (Å²) in [5.41, 5.74) is 0.740. The maximum Gasteiger partial charge on any atom is 0.224 e. The third kappa shape index (κ3) is 10.1. The Balaban J connectivity index is 1.44. The summed E-state index contributed by atoms with van der Waals surface area (Å²) in [6.45, 7) is 9.49. The molecule has 2 fully saturated rings. The van der Waals surface area contributed by atoms with Gasteiger partial charge in [-0.05, 0) is 44.9 Å². The van der Waals surface area contributed by atoms with Gasteiger partial charge in [0.1, 0.15) is 30.7 Å². The van der Waals surface area contributed by atoms with E-state index >= 15 is 0 Å². The molecule has 4 atom stereocenters. The predicted molar refractivity (Wildman–Crippen MR) is 149 cm³/mol. The van der Waals surface area contributed by atoms with Crippen molar-refractivity contribution in [1.82, 2.24) is 5.32 Å². The lowest BCUT2D eigenvalue weighted by Gasteiger charge is -2.28. The first kappa shape index (κ1) is 31.9. The molecule has 0 spiro atoms. The van der Waals surface area contributed by atoms with Crippen molar-refractivity contribution in [3.8, 4) is 0 Å². The van der Waals surface area contributed by atoms with Crippen LogP contribution in [0.5, 0.6) is 0 Å². The van der Waals surface area contributed by atoms with Crippen LogP contribution in [0.15, 0.2) is 24.3 Å². The van der Waals surface area contributed by atoms with Crippen LogP contribution in [0.25, 0.3) is 0 Å². The molecule has 39 heavy (non-hydrogen) atoms. The van der Waals surface area contributed by atoms with Crippen molar-refractivity contribution in [3.63, 3.8) is 0 Å². The van der Waals surface area contributed by atoms with Crippen LogP contribution in [0.1, 0.15) is 97.5 Å². The molecule has 0 unspecified atom stereocenters. The molecule has 1 N–H and O–H groups in total. The summed E-state index contributed by atoms with van der Waals surface area (Å²) in [6, 6.07) is 5.92. The van der Waals surface area contributed by atoms with Gasteiger partial charge in [-0.1, -0.05) is 76.8 Å². The maximum atomic E-state index is 13.2. The van der Waals surface area contributed by atoms with E-state index < -0.39 is 29.9 Å². The Kier molecular flexibility index (Phi) is 13.1. The van der Waals surface area contributed by atoms with Crippen LogP contribution < -0.4 is 5.32 Å². The van der Waals surface area contributed by atoms with Crippen molar-refractivity contribution in [2.24, 2.45) is 0 Å². The number of halogens is 1. The van der Waals surface area contributed by atoms with Crippen LogP contribution in [0.3, 0.4) is 0 Å². The summed E-state index contributed by atoms with van der Waals surface area (Å²) in [7, 11) is 0. The predicted octanol–water partition coefficient (Wildman–Crippen LogP) is 6.07. The molecule has 0 radical (unpaired) electrons. The number of hydrogen-bond acceptors (Lipinski definition) is 6. The van der Waals surface area contributed by atoms with E-state index in [1.807, 2.05) is 20.8 Å². The Labute approximate surface area is 234 Å². The zero-order chi connectivity index (χ0) is 28.1. The fraction of sp³-hybridized carbons (Fsp3) is 0.774. The molecule has 7 nitrogen and oxygen atoms in total. The van der Waals surface area contributed by atoms with E-state index in [2.05, 4.69) is 12.2 Å². The first-order valence-corrected chi connectivity index (χ1v) is 15.0. The number of ether oxygens (including phenoxy) is 5. The first-order chi connectivity index (χ1) is 18.8. The van der Waals surface area contributed by atoms with Gasteiger partial charge in [-0.25, -0.2) is 4.39 Å². The molecule has 1 aromatic carbocycles. The second-order valence-corrected chi connectivity index (χ2v) is 11.3. The Morgan fingerprint density at radius 3 is 2.23 bits per heavy atom. The highest BCUT2D eigenvalue weighted by Gasteiger charge is 2.65. The number of unbranched alkanes of at least 4 members (excludes halogenated alkanes) is 9. The lowest BCUT2D eigenvalue weighted by atomic mass is 10.0. The molecule has 2 aliphatic heterocycles. The van der Waals surface area contributed by atoms with E-state index in [1.54, 1.807) is 12.1 Å². The van der Waals surface area contributed by atoms with Gasteiger partial charge >= 0.3 is 0 Å². The number of rotatable bonds is 19. The van der Waals surface area contributed by atoms with Gasteiger partial charge in [0.05, 0.1) is 6.42 Å². The summed E-state index contributed by atoms with van der Waals surface area (Å²) in [4.78, 5) is 12.6. The number of benzene rings is 1. The molecule has 0 aromatic heterocycles. The Bertz CT molecular complexity index is 850. The first-order valence-electron chi connectivity index (χ1n) is 15.0. The summed E-state index contributed by atoms with van der Waals surface area (Å²) < 4.78 is 44.2. The third-order valence-electron chi connectivity index (χ3n) is 7.36. The van der Waals surface area contributed by atoms with Crippen molar-refractivity contribution >= 4 is 5.91 Å². The highest BCUT2D eigenvalue weighted by molar-refractivity contribution is 5.78. The Morgan fingerprint density at radius 2 is 1.59 bits per heavy atom. The molecule has 2 saturated heterocycles. The monoisotopic (exact) mass is 551 g/mol. The van der Waals surface area contributed by atoms with Gasteiger partial charge in [0.25, 0.3) is 0 Å². The van der Waals surface area contributed by atoms with Crippen LogP contribution in [-0.4, -0.2) is 62.2 Å². The molecule has 0 saturated carbocycles. The Hall–Kier alpha value is -1.58. The van der Waals surface area contributed by atoms with Gasteiger partial charge in [0, 0.05) is 19.8 Å². The number of carbonyl (C=O) groups excluding carboxylic acids is 1. The van der Waals surface area contributed by atoms with Crippen molar-refractivity contribution in [2.75, 3.05) is 26.4 Å². The van der Waals surface area contributed by atoms with E-state index in [0.29, 0.717) is 13.2 Å². The molecule has 1 aromatic rings. The van der Waals surface area contributed by atoms with Crippen molar-refractivity contribution in [2.45, 2.75) is 128 Å². The van der Waals surface area contributed by atoms with Crippen LogP contribution >= 0.6 is 0 Å². The summed E-state index contributed by atoms with van der Waals surface area (Å²) in [5, 5.41) is 2.93. The lowest BCUT2D eigenvalue weighted by Crippen LogP contribution is -2.45. The largest absolute Gasteiger partial charge is 0.376 e. The molecule has 3 rings (SSSR count). The molecule has 1 amide bonds. The lowest BCUT2D eigenvalue weighted by molar-refractivity contribution is -0.278. The van der Waals surface area contributed by atoms with Gasteiger partial charge < -0.3 is 29.0 Å². The Morgan fingerprint density at radius 1 is 0.949 bits per heavy atom. The molecule has 0 aliphatic carbocycles. The third-order valence-corrected chi connectivity index (χ3v) is 7.36. The quantitative estimate of drug-likeness (QED) is 0.210. The van der Waals surface area contributed by atoms with Gasteiger partial charge in [-0.15, -0.1) is 0 Å². The average Bonchev–Trinajstić information content (AvgIpc) is 3.31. The van der Waals surface area contributed by atoms with E-state index in [4.69, 9.17) is 23.7 Å². The number of amides is 1. The van der Waals surface area contributed by atoms with Crippen LogP contribution in [0, 0.1) is 5.82 Å². The summed E-state index contributed by atoms with van der Waals surface area (Å²) in [6.07, 6.45) is 11.5. The fourth-order valence-corrected chi connectivity index (χ4v) is 5.48. The van der Waals surface area contributed by atoms with Gasteiger partial charge in [0.2, 0.25) is 11.7 Å². The standard InChI is InChI=1S/C31H50FNO6/c1-5-7-8-9-10-11-12-13-14-15-20-35-23-31-29(38-30(3,4)39-31)28(36-6-2)26(37-31)22-33-27(34)21-24-16-18-25(32)19-17-24/h16-19,26,28-29H,5-15,20-23H2,1-4H3,(H,33,34)/t26-,28+,29-,31-/m0/s1. The number of nitrogens with one attached hydrogen (secondary N) is 1. The molecule has 0 bridgehead atoms. The molecule has 222 valence electrons. The number of fused-ring (bicyclic) bond motifs is 1. The van der Waals surface area contributed by atoms with Gasteiger partial charge in [-0.3, -0.25) is 4.79 Å². The maximum absolute atomic E-state index is 13.2. The highest BCUT2D eigenvalue weighted by atomic mass is 19.1. The van der Waals surface area contributed by atoms with Crippen LogP contribution in [0.2, 0.25) is 0 Å². The molecule has 2 aliphatic rings. The molecule has 8 heteroatoms. The van der Waals surface area contributed by atoms with Crippen LogP contribution in [0.4, 0.5) is 4.39 Å². The summed E-state index contributed by atoms with van der Waals surface area (Å²) >= 11 is 0. The highest BCUT2D eigenvalue weighted by Crippen LogP contribution is 2.46. The van der Waals surface area contributed by atoms with Crippen molar-refractivity contribution in [1.29, 1.82) is 0 Å². The number of hydrogen-bond donors (Lipinski definition) is 1. The molecular formula is C31H50FNO6. The van der Waals surface area contributed by atoms with Crippen LogP contribution in [-0.2, 0) is 34.9 Å². The van der Waals surface area contributed by atoms with Crippen molar-refractivity contribution in [3.05, 3.63) is 35.6 Å². The van der Waals surface area contributed by atoms with E-state index in [9.17, 15) is 9.18 Å². The minimum atomic E-state index is -1.09. The van der Waals surface area contributed by atoms with Gasteiger partial charge in [-0.2, -0.15) is 0 Å².